The lowest BCUT2D eigenvalue weighted by Crippen LogP contribution is -2.00. The number of hydrogen-bond donors (Lipinski definition) is 0. The standard InChI is InChI=1S/C7H14OS/c1-4-7(5-2)9-6(3)8/h7H,4-5H2,1-3H3. The minimum absolute atomic E-state index is 0.240. The Balaban J connectivity index is 3.43. The Hall–Kier alpha value is 0.0200. The Bertz CT molecular complexity index is 86.9. The molecule has 0 bridgehead atoms. The molecule has 0 radical (unpaired) electrons. The first-order chi connectivity index (χ1) is 4.20. The van der Waals surface area contributed by atoms with Crippen LogP contribution in [0.1, 0.15) is 33.6 Å². The van der Waals surface area contributed by atoms with E-state index in [-0.39, 0.29) is 5.12 Å². The average Bonchev–Trinajstić information content (AvgIpc) is 1.82. The maximum atomic E-state index is 10.5. The first-order valence-electron chi connectivity index (χ1n) is 3.37. The van der Waals surface area contributed by atoms with Crippen LogP contribution in [-0.2, 0) is 4.79 Å². The van der Waals surface area contributed by atoms with Gasteiger partial charge in [-0.1, -0.05) is 25.6 Å². The van der Waals surface area contributed by atoms with Gasteiger partial charge in [-0.05, 0) is 12.8 Å². The normalized spacial score (nSPS) is 10.2. The molecule has 0 aliphatic rings. The molecule has 54 valence electrons. The van der Waals surface area contributed by atoms with Crippen molar-refractivity contribution < 1.29 is 4.79 Å². The summed E-state index contributed by atoms with van der Waals surface area (Å²) in [5.74, 6) is 0. The zero-order chi connectivity index (χ0) is 7.28. The lowest BCUT2D eigenvalue weighted by Gasteiger charge is -2.06. The quantitative estimate of drug-likeness (QED) is 0.608. The third kappa shape index (κ3) is 4.52. The van der Waals surface area contributed by atoms with E-state index < -0.39 is 0 Å². The Labute approximate surface area is 61.2 Å². The van der Waals surface area contributed by atoms with E-state index in [0.29, 0.717) is 5.25 Å². The van der Waals surface area contributed by atoms with Crippen molar-refractivity contribution in [1.82, 2.24) is 0 Å². The average molecular weight is 146 g/mol. The van der Waals surface area contributed by atoms with E-state index in [1.807, 2.05) is 0 Å². The van der Waals surface area contributed by atoms with Crippen molar-refractivity contribution in [2.75, 3.05) is 0 Å². The van der Waals surface area contributed by atoms with Crippen LogP contribution in [0.25, 0.3) is 0 Å². The molecule has 0 fully saturated rings. The molecule has 0 saturated heterocycles. The highest BCUT2D eigenvalue weighted by Crippen LogP contribution is 2.17. The largest absolute Gasteiger partial charge is 0.288 e. The summed E-state index contributed by atoms with van der Waals surface area (Å²) >= 11 is 1.46. The Morgan fingerprint density at radius 3 is 2.00 bits per heavy atom. The second-order valence-corrected chi connectivity index (χ2v) is 3.53. The fraction of sp³-hybridized carbons (Fsp3) is 0.857. The molecular formula is C7H14OS. The smallest absolute Gasteiger partial charge is 0.186 e. The Morgan fingerprint density at radius 2 is 1.89 bits per heavy atom. The van der Waals surface area contributed by atoms with E-state index in [1.54, 1.807) is 6.92 Å². The highest BCUT2D eigenvalue weighted by molar-refractivity contribution is 8.14. The molecule has 2 heteroatoms. The van der Waals surface area contributed by atoms with Gasteiger partial charge in [0.2, 0.25) is 0 Å². The number of thioether (sulfide) groups is 1. The molecule has 0 N–H and O–H groups in total. The fourth-order valence-electron chi connectivity index (χ4n) is 0.690. The van der Waals surface area contributed by atoms with Gasteiger partial charge in [0.05, 0.1) is 0 Å². The molecule has 0 aliphatic heterocycles. The summed E-state index contributed by atoms with van der Waals surface area (Å²) in [6, 6.07) is 0. The highest BCUT2D eigenvalue weighted by Gasteiger charge is 2.05. The fourth-order valence-corrected chi connectivity index (χ4v) is 1.49. The van der Waals surface area contributed by atoms with E-state index in [2.05, 4.69) is 13.8 Å². The first-order valence-corrected chi connectivity index (χ1v) is 4.25. The van der Waals surface area contributed by atoms with E-state index in [0.717, 1.165) is 12.8 Å². The van der Waals surface area contributed by atoms with E-state index >= 15 is 0 Å². The van der Waals surface area contributed by atoms with Crippen LogP contribution in [0.5, 0.6) is 0 Å². The van der Waals surface area contributed by atoms with Gasteiger partial charge in [0.1, 0.15) is 0 Å². The number of carbonyl (C=O) groups excluding carboxylic acids is 1. The molecule has 0 aromatic heterocycles. The van der Waals surface area contributed by atoms with E-state index in [9.17, 15) is 4.79 Å². The Morgan fingerprint density at radius 1 is 1.44 bits per heavy atom. The zero-order valence-electron chi connectivity index (χ0n) is 6.31. The van der Waals surface area contributed by atoms with Crippen LogP contribution in [0.4, 0.5) is 0 Å². The van der Waals surface area contributed by atoms with Gasteiger partial charge in [-0.3, -0.25) is 4.79 Å². The molecule has 0 spiro atoms. The minimum Gasteiger partial charge on any atom is -0.288 e. The lowest BCUT2D eigenvalue weighted by atomic mass is 10.3. The summed E-state index contributed by atoms with van der Waals surface area (Å²) in [5.41, 5.74) is 0. The predicted octanol–water partition coefficient (Wildman–Crippen LogP) is 2.45. The van der Waals surface area contributed by atoms with Crippen LogP contribution in [0.2, 0.25) is 0 Å². The number of hydrogen-bond acceptors (Lipinski definition) is 2. The SMILES string of the molecule is CCC(CC)SC(C)=O. The van der Waals surface area contributed by atoms with Gasteiger partial charge < -0.3 is 0 Å². The van der Waals surface area contributed by atoms with Crippen LogP contribution in [0.15, 0.2) is 0 Å². The van der Waals surface area contributed by atoms with Crippen molar-refractivity contribution in [2.24, 2.45) is 0 Å². The minimum atomic E-state index is 0.240. The monoisotopic (exact) mass is 146 g/mol. The molecule has 0 aliphatic carbocycles. The van der Waals surface area contributed by atoms with Crippen molar-refractivity contribution in [3.05, 3.63) is 0 Å². The molecule has 0 amide bonds. The molecule has 0 unspecified atom stereocenters. The van der Waals surface area contributed by atoms with E-state index in [1.165, 1.54) is 11.8 Å². The third-order valence-electron chi connectivity index (χ3n) is 1.24. The summed E-state index contributed by atoms with van der Waals surface area (Å²) < 4.78 is 0. The molecule has 1 nitrogen and oxygen atoms in total. The molecule has 0 heterocycles. The van der Waals surface area contributed by atoms with E-state index in [4.69, 9.17) is 0 Å². The summed E-state index contributed by atoms with van der Waals surface area (Å²) in [6.45, 7) is 5.86. The van der Waals surface area contributed by atoms with Crippen LogP contribution in [0, 0.1) is 0 Å². The second-order valence-electron chi connectivity index (χ2n) is 2.05. The van der Waals surface area contributed by atoms with Gasteiger partial charge in [-0.15, -0.1) is 0 Å². The maximum Gasteiger partial charge on any atom is 0.186 e. The van der Waals surface area contributed by atoms with Crippen LogP contribution in [-0.4, -0.2) is 10.4 Å². The molecule has 0 saturated carbocycles. The van der Waals surface area contributed by atoms with Crippen molar-refractivity contribution in [3.8, 4) is 0 Å². The molecule has 9 heavy (non-hydrogen) atoms. The van der Waals surface area contributed by atoms with Gasteiger partial charge in [0.15, 0.2) is 5.12 Å². The van der Waals surface area contributed by atoms with Gasteiger partial charge in [-0.25, -0.2) is 0 Å². The molecule has 0 aromatic carbocycles. The van der Waals surface area contributed by atoms with Crippen molar-refractivity contribution in [3.63, 3.8) is 0 Å². The van der Waals surface area contributed by atoms with Crippen molar-refractivity contribution in [1.29, 1.82) is 0 Å². The summed E-state index contributed by atoms with van der Waals surface area (Å²) in [5, 5.41) is 0.784. The zero-order valence-corrected chi connectivity index (χ0v) is 7.12. The number of carbonyl (C=O) groups is 1. The van der Waals surface area contributed by atoms with Crippen LogP contribution in [0.3, 0.4) is 0 Å². The lowest BCUT2D eigenvalue weighted by molar-refractivity contribution is -0.109. The maximum absolute atomic E-state index is 10.5. The third-order valence-corrected chi connectivity index (χ3v) is 2.58. The topological polar surface area (TPSA) is 17.1 Å². The number of rotatable bonds is 3. The highest BCUT2D eigenvalue weighted by atomic mass is 32.2. The van der Waals surface area contributed by atoms with Gasteiger partial charge in [0, 0.05) is 12.2 Å². The second kappa shape index (κ2) is 4.86. The molecule has 0 aromatic rings. The summed E-state index contributed by atoms with van der Waals surface area (Å²) in [6.07, 6.45) is 2.20. The summed E-state index contributed by atoms with van der Waals surface area (Å²) in [4.78, 5) is 10.5. The van der Waals surface area contributed by atoms with Gasteiger partial charge in [-0.2, -0.15) is 0 Å². The van der Waals surface area contributed by atoms with Gasteiger partial charge >= 0.3 is 0 Å². The first kappa shape index (κ1) is 9.02. The molecular weight excluding hydrogens is 132 g/mol. The molecule has 0 atom stereocenters. The van der Waals surface area contributed by atoms with Crippen LogP contribution < -0.4 is 0 Å². The summed E-state index contributed by atoms with van der Waals surface area (Å²) in [7, 11) is 0. The van der Waals surface area contributed by atoms with Crippen LogP contribution >= 0.6 is 11.8 Å². The van der Waals surface area contributed by atoms with Crippen molar-refractivity contribution >= 4 is 16.9 Å². The van der Waals surface area contributed by atoms with Crippen molar-refractivity contribution in [2.45, 2.75) is 38.9 Å². The van der Waals surface area contributed by atoms with Gasteiger partial charge in [0.25, 0.3) is 0 Å². The Kier molecular flexibility index (Phi) is 4.87. The molecule has 0 rings (SSSR count). The predicted molar refractivity (Wildman–Crippen MR) is 42.6 cm³/mol.